The first-order chi connectivity index (χ1) is 11.6. The fourth-order valence-electron chi connectivity index (χ4n) is 3.67. The summed E-state index contributed by atoms with van der Waals surface area (Å²) < 4.78 is 2.01. The third-order valence-electron chi connectivity index (χ3n) is 4.98. The van der Waals surface area contributed by atoms with Gasteiger partial charge in [-0.3, -0.25) is 9.69 Å². The Morgan fingerprint density at radius 1 is 1.29 bits per heavy atom. The summed E-state index contributed by atoms with van der Waals surface area (Å²) in [5.74, 6) is 0.693. The van der Waals surface area contributed by atoms with Crippen LogP contribution in [0.2, 0.25) is 0 Å². The van der Waals surface area contributed by atoms with Gasteiger partial charge in [0, 0.05) is 12.1 Å². The van der Waals surface area contributed by atoms with Crippen LogP contribution in [0, 0.1) is 12.8 Å². The third kappa shape index (κ3) is 3.24. The molecule has 3 aliphatic rings. The van der Waals surface area contributed by atoms with Crippen LogP contribution in [0.15, 0.2) is 20.7 Å². The number of carbonyl (C=O) groups is 1. The van der Waals surface area contributed by atoms with Gasteiger partial charge in [0.2, 0.25) is 0 Å². The van der Waals surface area contributed by atoms with Crippen molar-refractivity contribution in [3.8, 4) is 0 Å². The molecule has 24 heavy (non-hydrogen) atoms. The number of amides is 1. The quantitative estimate of drug-likeness (QED) is 0.882. The van der Waals surface area contributed by atoms with Gasteiger partial charge in [0.15, 0.2) is 4.34 Å². The molecule has 128 valence electrons. The first-order valence-electron chi connectivity index (χ1n) is 8.23. The number of hydrogen-bond donors (Lipinski definition) is 1. The fourth-order valence-corrected chi connectivity index (χ4v) is 6.75. The number of aromatic nitrogens is 2. The lowest BCUT2D eigenvalue weighted by Gasteiger charge is -2.49. The van der Waals surface area contributed by atoms with Gasteiger partial charge in [0.1, 0.15) is 5.01 Å². The summed E-state index contributed by atoms with van der Waals surface area (Å²) in [6.45, 7) is 6.55. The number of piperidine rings is 3. The molecule has 2 aromatic rings. The largest absolute Gasteiger partial charge is 0.347 e. The maximum Gasteiger partial charge on any atom is 0.261 e. The van der Waals surface area contributed by atoms with E-state index in [9.17, 15) is 4.79 Å². The van der Waals surface area contributed by atoms with Gasteiger partial charge in [-0.05, 0) is 69.6 Å². The molecule has 1 amide bonds. The molecule has 2 unspecified atom stereocenters. The van der Waals surface area contributed by atoms with Crippen molar-refractivity contribution in [3.05, 3.63) is 22.0 Å². The minimum atomic E-state index is 0.0610. The topological polar surface area (TPSA) is 58.1 Å². The molecule has 2 aromatic heterocycles. The first kappa shape index (κ1) is 16.5. The second-order valence-corrected chi connectivity index (χ2v) is 10.2. The summed E-state index contributed by atoms with van der Waals surface area (Å²) in [5.41, 5.74) is 0. The van der Waals surface area contributed by atoms with E-state index in [2.05, 4.69) is 27.3 Å². The van der Waals surface area contributed by atoms with Crippen molar-refractivity contribution in [1.29, 1.82) is 0 Å². The average molecular weight is 381 g/mol. The molecule has 2 atom stereocenters. The van der Waals surface area contributed by atoms with Crippen LogP contribution >= 0.6 is 34.4 Å². The maximum absolute atomic E-state index is 12.7. The molecule has 5 rings (SSSR count). The van der Waals surface area contributed by atoms with E-state index in [1.165, 1.54) is 37.3 Å². The SMILES string of the molecule is Cc1nnc(Sc2ccc(C(=O)NC3C4CCN(CC4)C3C)s2)s1. The highest BCUT2D eigenvalue weighted by atomic mass is 32.2. The molecule has 3 fully saturated rings. The van der Waals surface area contributed by atoms with Crippen LogP contribution in [0.3, 0.4) is 0 Å². The summed E-state index contributed by atoms with van der Waals surface area (Å²) in [6.07, 6.45) is 2.41. The molecule has 3 aliphatic heterocycles. The zero-order valence-corrected chi connectivity index (χ0v) is 16.1. The summed E-state index contributed by atoms with van der Waals surface area (Å²) in [5, 5.41) is 12.4. The molecule has 3 saturated heterocycles. The lowest BCUT2D eigenvalue weighted by molar-refractivity contribution is 0.0218. The number of thiophene rings is 1. The van der Waals surface area contributed by atoms with Gasteiger partial charge in [-0.1, -0.05) is 11.3 Å². The molecule has 2 bridgehead atoms. The Kier molecular flexibility index (Phi) is 4.64. The second-order valence-electron chi connectivity index (χ2n) is 6.42. The van der Waals surface area contributed by atoms with Crippen molar-refractivity contribution in [1.82, 2.24) is 20.4 Å². The Morgan fingerprint density at radius 3 is 2.75 bits per heavy atom. The molecule has 0 saturated carbocycles. The van der Waals surface area contributed by atoms with E-state index in [-0.39, 0.29) is 11.9 Å². The van der Waals surface area contributed by atoms with Crippen molar-refractivity contribution in [2.75, 3.05) is 13.1 Å². The highest BCUT2D eigenvalue weighted by Gasteiger charge is 2.40. The number of fused-ring (bicyclic) bond motifs is 3. The molecule has 1 N–H and O–H groups in total. The van der Waals surface area contributed by atoms with Crippen molar-refractivity contribution >= 4 is 40.3 Å². The molecule has 8 heteroatoms. The van der Waals surface area contributed by atoms with Crippen LogP contribution in [0.25, 0.3) is 0 Å². The Labute approximate surface area is 153 Å². The molecule has 0 aromatic carbocycles. The summed E-state index contributed by atoms with van der Waals surface area (Å²) in [6, 6.07) is 4.65. The van der Waals surface area contributed by atoms with Gasteiger partial charge in [0.25, 0.3) is 5.91 Å². The number of nitrogens with one attached hydrogen (secondary N) is 1. The van der Waals surface area contributed by atoms with Gasteiger partial charge in [-0.15, -0.1) is 21.5 Å². The van der Waals surface area contributed by atoms with Gasteiger partial charge in [-0.2, -0.15) is 0 Å². The number of rotatable bonds is 4. The molecular formula is C16H20N4OS3. The first-order valence-corrected chi connectivity index (χ1v) is 10.7. The second kappa shape index (κ2) is 6.74. The Hall–Kier alpha value is -0.960. The molecule has 5 heterocycles. The van der Waals surface area contributed by atoms with Crippen molar-refractivity contribution < 1.29 is 4.79 Å². The van der Waals surface area contributed by atoms with E-state index in [1.807, 2.05) is 19.1 Å². The smallest absolute Gasteiger partial charge is 0.261 e. The van der Waals surface area contributed by atoms with Crippen LogP contribution in [-0.4, -0.2) is 46.2 Å². The summed E-state index contributed by atoms with van der Waals surface area (Å²) in [7, 11) is 0. The predicted octanol–water partition coefficient (Wildman–Crippen LogP) is 3.27. The molecule has 0 aliphatic carbocycles. The van der Waals surface area contributed by atoms with Crippen LogP contribution in [0.4, 0.5) is 0 Å². The van der Waals surface area contributed by atoms with E-state index in [0.717, 1.165) is 18.4 Å². The normalized spacial score (nSPS) is 28.9. The van der Waals surface area contributed by atoms with Crippen LogP contribution in [0.5, 0.6) is 0 Å². The zero-order chi connectivity index (χ0) is 16.7. The third-order valence-corrected chi connectivity index (χ3v) is 8.08. The maximum atomic E-state index is 12.7. The monoisotopic (exact) mass is 380 g/mol. The van der Waals surface area contributed by atoms with E-state index >= 15 is 0 Å². The van der Waals surface area contributed by atoms with Gasteiger partial charge in [-0.25, -0.2) is 0 Å². The standard InChI is InChI=1S/C16H20N4OS3/c1-9-14(11-5-7-20(9)8-6-11)17-15(21)12-3-4-13(23-12)24-16-19-18-10(2)22-16/h3-4,9,11,14H,5-8H2,1-2H3,(H,17,21). The minimum absolute atomic E-state index is 0.0610. The van der Waals surface area contributed by atoms with Gasteiger partial charge < -0.3 is 5.32 Å². The highest BCUT2D eigenvalue weighted by molar-refractivity contribution is 8.02. The minimum Gasteiger partial charge on any atom is -0.347 e. The highest BCUT2D eigenvalue weighted by Crippen LogP contribution is 2.36. The van der Waals surface area contributed by atoms with Crippen molar-refractivity contribution in [2.24, 2.45) is 5.92 Å². The van der Waals surface area contributed by atoms with Crippen LogP contribution in [-0.2, 0) is 0 Å². The lowest BCUT2D eigenvalue weighted by atomic mass is 9.79. The lowest BCUT2D eigenvalue weighted by Crippen LogP contribution is -2.62. The number of aryl methyl sites for hydroxylation is 1. The van der Waals surface area contributed by atoms with Crippen LogP contribution < -0.4 is 5.32 Å². The van der Waals surface area contributed by atoms with E-state index in [1.54, 1.807) is 23.1 Å². The molecule has 0 radical (unpaired) electrons. The van der Waals surface area contributed by atoms with Crippen LogP contribution in [0.1, 0.15) is 34.4 Å². The van der Waals surface area contributed by atoms with E-state index in [0.29, 0.717) is 12.0 Å². The Bertz CT molecular complexity index is 733. The van der Waals surface area contributed by atoms with E-state index in [4.69, 9.17) is 0 Å². The summed E-state index contributed by atoms with van der Waals surface area (Å²) in [4.78, 5) is 15.9. The van der Waals surface area contributed by atoms with Gasteiger partial charge >= 0.3 is 0 Å². The van der Waals surface area contributed by atoms with Crippen molar-refractivity contribution in [2.45, 2.75) is 47.3 Å². The average Bonchev–Trinajstić information content (AvgIpc) is 3.21. The molecular weight excluding hydrogens is 360 g/mol. The number of hydrogen-bond acceptors (Lipinski definition) is 7. The Balaban J connectivity index is 1.41. The predicted molar refractivity (Wildman–Crippen MR) is 98.1 cm³/mol. The van der Waals surface area contributed by atoms with Gasteiger partial charge in [0.05, 0.1) is 9.09 Å². The van der Waals surface area contributed by atoms with Crippen molar-refractivity contribution in [3.63, 3.8) is 0 Å². The fraction of sp³-hybridized carbons (Fsp3) is 0.562. The molecule has 5 nitrogen and oxygen atoms in total. The summed E-state index contributed by atoms with van der Waals surface area (Å²) >= 11 is 4.69. The Morgan fingerprint density at radius 2 is 2.08 bits per heavy atom. The number of carbonyl (C=O) groups excluding carboxylic acids is 1. The number of nitrogens with zero attached hydrogens (tertiary/aromatic N) is 3. The van der Waals surface area contributed by atoms with E-state index < -0.39 is 0 Å². The zero-order valence-electron chi connectivity index (χ0n) is 13.7. The molecule has 0 spiro atoms.